The van der Waals surface area contributed by atoms with Gasteiger partial charge < -0.3 is 10.5 Å². The molecule has 2 N–H and O–H groups in total. The molecule has 0 radical (unpaired) electrons. The highest BCUT2D eigenvalue weighted by atomic mass is 32.2. The summed E-state index contributed by atoms with van der Waals surface area (Å²) in [5.74, 6) is 0.0664. The number of nitrogens with two attached hydrogens (primary N) is 1. The van der Waals surface area contributed by atoms with Crippen LogP contribution >= 0.6 is 0 Å². The van der Waals surface area contributed by atoms with Crippen LogP contribution in [0.2, 0.25) is 0 Å². The Hall–Kier alpha value is -1.07. The second-order valence-electron chi connectivity index (χ2n) is 3.63. The highest BCUT2D eigenvalue weighted by Gasteiger charge is 2.26. The van der Waals surface area contributed by atoms with Gasteiger partial charge in [0.15, 0.2) is 9.84 Å². The number of benzene rings is 1. The molecule has 1 aliphatic rings. The molecular formula is C10H13NO3S. The van der Waals surface area contributed by atoms with Gasteiger partial charge in [-0.25, -0.2) is 8.42 Å². The van der Waals surface area contributed by atoms with Crippen LogP contribution in [0.15, 0.2) is 29.2 Å². The number of anilines is 1. The molecule has 0 spiro atoms. The Morgan fingerprint density at radius 3 is 2.40 bits per heavy atom. The molecule has 1 fully saturated rings. The van der Waals surface area contributed by atoms with Crippen molar-refractivity contribution in [1.29, 1.82) is 0 Å². The third-order valence-corrected chi connectivity index (χ3v) is 4.24. The van der Waals surface area contributed by atoms with Gasteiger partial charge in [0.1, 0.15) is 0 Å². The lowest BCUT2D eigenvalue weighted by Gasteiger charge is -2.25. The molecule has 1 aliphatic heterocycles. The number of nitrogen functional groups attached to an aromatic ring is 1. The summed E-state index contributed by atoms with van der Waals surface area (Å²) < 4.78 is 28.8. The summed E-state index contributed by atoms with van der Waals surface area (Å²) in [5, 5.41) is 0. The highest BCUT2D eigenvalue weighted by molar-refractivity contribution is 7.91. The molecule has 0 amide bonds. The van der Waals surface area contributed by atoms with Crippen LogP contribution in [0.1, 0.15) is 6.42 Å². The number of hydrogen-bond acceptors (Lipinski definition) is 4. The number of sulfone groups is 1. The maximum atomic E-state index is 11.8. The van der Waals surface area contributed by atoms with Crippen molar-refractivity contribution < 1.29 is 13.2 Å². The SMILES string of the molecule is Nc1ccc(S(=O)(=O)CC2CCO2)cc1. The van der Waals surface area contributed by atoms with E-state index in [1.807, 2.05) is 0 Å². The molecule has 1 aromatic rings. The zero-order valence-corrected chi connectivity index (χ0v) is 9.03. The number of ether oxygens (including phenoxy) is 1. The van der Waals surface area contributed by atoms with Gasteiger partial charge in [0, 0.05) is 12.3 Å². The van der Waals surface area contributed by atoms with Gasteiger partial charge in [0.2, 0.25) is 0 Å². The smallest absolute Gasteiger partial charge is 0.180 e. The molecule has 2 rings (SSSR count). The zero-order chi connectivity index (χ0) is 10.9. The Bertz CT molecular complexity index is 434. The predicted octanol–water partition coefficient (Wildman–Crippen LogP) is 0.831. The molecule has 0 bridgehead atoms. The summed E-state index contributed by atoms with van der Waals surface area (Å²) in [6.07, 6.45) is 0.696. The molecule has 0 aromatic heterocycles. The minimum absolute atomic E-state index is 0.0664. The molecular weight excluding hydrogens is 214 g/mol. The summed E-state index contributed by atoms with van der Waals surface area (Å²) in [4.78, 5) is 0.312. The van der Waals surface area contributed by atoms with Crippen molar-refractivity contribution in [3.63, 3.8) is 0 Å². The van der Waals surface area contributed by atoms with Crippen molar-refractivity contribution in [2.75, 3.05) is 18.1 Å². The first-order valence-electron chi connectivity index (χ1n) is 4.78. The monoisotopic (exact) mass is 227 g/mol. The van der Waals surface area contributed by atoms with E-state index < -0.39 is 9.84 Å². The van der Waals surface area contributed by atoms with E-state index in [0.717, 1.165) is 6.42 Å². The largest absolute Gasteiger partial charge is 0.399 e. The predicted molar refractivity (Wildman–Crippen MR) is 57.3 cm³/mol. The number of rotatable bonds is 3. The van der Waals surface area contributed by atoms with Gasteiger partial charge in [-0.1, -0.05) is 0 Å². The van der Waals surface area contributed by atoms with E-state index in [9.17, 15) is 8.42 Å². The van der Waals surface area contributed by atoms with E-state index in [2.05, 4.69) is 0 Å². The molecule has 5 heteroatoms. The van der Waals surface area contributed by atoms with Crippen LogP contribution in [-0.4, -0.2) is 26.9 Å². The van der Waals surface area contributed by atoms with E-state index in [1.54, 1.807) is 12.1 Å². The molecule has 1 aromatic carbocycles. The van der Waals surface area contributed by atoms with Crippen LogP contribution in [0.3, 0.4) is 0 Å². The molecule has 0 saturated carbocycles. The summed E-state index contributed by atoms with van der Waals surface area (Å²) >= 11 is 0. The van der Waals surface area contributed by atoms with Crippen LogP contribution in [0.5, 0.6) is 0 Å². The normalized spacial score (nSPS) is 20.9. The molecule has 1 atom stereocenters. The topological polar surface area (TPSA) is 69.4 Å². The van der Waals surface area contributed by atoms with Gasteiger partial charge in [-0.3, -0.25) is 0 Å². The second kappa shape index (κ2) is 3.83. The van der Waals surface area contributed by atoms with Crippen molar-refractivity contribution in [1.82, 2.24) is 0 Å². The van der Waals surface area contributed by atoms with Gasteiger partial charge in [-0.15, -0.1) is 0 Å². The molecule has 1 heterocycles. The third-order valence-electron chi connectivity index (χ3n) is 2.44. The van der Waals surface area contributed by atoms with E-state index in [-0.39, 0.29) is 11.9 Å². The van der Waals surface area contributed by atoms with Crippen LogP contribution in [-0.2, 0) is 14.6 Å². The fraction of sp³-hybridized carbons (Fsp3) is 0.400. The average Bonchev–Trinajstić information content (AvgIpc) is 2.13. The van der Waals surface area contributed by atoms with Crippen molar-refractivity contribution in [3.05, 3.63) is 24.3 Å². The Balaban J connectivity index is 2.17. The zero-order valence-electron chi connectivity index (χ0n) is 8.22. The van der Waals surface area contributed by atoms with Crippen molar-refractivity contribution in [2.24, 2.45) is 0 Å². The standard InChI is InChI=1S/C10H13NO3S/c11-8-1-3-10(4-2-8)15(12,13)7-9-5-6-14-9/h1-4,9H,5-7,11H2. The summed E-state index contributed by atoms with van der Waals surface area (Å²) in [5.41, 5.74) is 6.05. The first-order chi connectivity index (χ1) is 7.08. The van der Waals surface area contributed by atoms with E-state index in [4.69, 9.17) is 10.5 Å². The van der Waals surface area contributed by atoms with Crippen molar-refractivity contribution in [2.45, 2.75) is 17.4 Å². The molecule has 15 heavy (non-hydrogen) atoms. The minimum atomic E-state index is -3.22. The van der Waals surface area contributed by atoms with Crippen LogP contribution in [0.25, 0.3) is 0 Å². The fourth-order valence-corrected chi connectivity index (χ4v) is 2.93. The van der Waals surface area contributed by atoms with E-state index in [0.29, 0.717) is 17.2 Å². The molecule has 4 nitrogen and oxygen atoms in total. The van der Waals surface area contributed by atoms with Crippen molar-refractivity contribution in [3.8, 4) is 0 Å². The molecule has 1 unspecified atom stereocenters. The van der Waals surface area contributed by atoms with Crippen LogP contribution in [0.4, 0.5) is 5.69 Å². The lowest BCUT2D eigenvalue weighted by Crippen LogP contribution is -2.33. The first kappa shape index (κ1) is 10.4. The maximum Gasteiger partial charge on any atom is 0.180 e. The van der Waals surface area contributed by atoms with Crippen LogP contribution in [0, 0.1) is 0 Å². The summed E-state index contributed by atoms with van der Waals surface area (Å²) in [6, 6.07) is 6.25. The summed E-state index contributed by atoms with van der Waals surface area (Å²) in [6.45, 7) is 0.669. The van der Waals surface area contributed by atoms with Gasteiger partial charge in [0.25, 0.3) is 0 Å². The fourth-order valence-electron chi connectivity index (χ4n) is 1.43. The Kier molecular flexibility index (Phi) is 2.67. The van der Waals surface area contributed by atoms with Crippen LogP contribution < -0.4 is 5.73 Å². The molecule has 0 aliphatic carbocycles. The Morgan fingerprint density at radius 1 is 1.33 bits per heavy atom. The van der Waals surface area contributed by atoms with Gasteiger partial charge in [-0.2, -0.15) is 0 Å². The highest BCUT2D eigenvalue weighted by Crippen LogP contribution is 2.19. The van der Waals surface area contributed by atoms with Gasteiger partial charge in [0.05, 0.1) is 16.8 Å². The quantitative estimate of drug-likeness (QED) is 0.776. The van der Waals surface area contributed by atoms with Crippen molar-refractivity contribution >= 4 is 15.5 Å². The van der Waals surface area contributed by atoms with Gasteiger partial charge >= 0.3 is 0 Å². The van der Waals surface area contributed by atoms with Gasteiger partial charge in [-0.05, 0) is 30.7 Å². The number of hydrogen-bond donors (Lipinski definition) is 1. The first-order valence-corrected chi connectivity index (χ1v) is 6.43. The third kappa shape index (κ3) is 2.30. The Morgan fingerprint density at radius 2 is 1.93 bits per heavy atom. The maximum absolute atomic E-state index is 11.8. The Labute approximate surface area is 89.0 Å². The van der Waals surface area contributed by atoms with E-state index in [1.165, 1.54) is 12.1 Å². The molecule has 1 saturated heterocycles. The van der Waals surface area contributed by atoms with E-state index >= 15 is 0 Å². The lowest BCUT2D eigenvalue weighted by atomic mass is 10.2. The molecule has 82 valence electrons. The summed E-state index contributed by atoms with van der Waals surface area (Å²) in [7, 11) is -3.22. The lowest BCUT2D eigenvalue weighted by molar-refractivity contribution is -0.0352. The second-order valence-corrected chi connectivity index (χ2v) is 5.67. The minimum Gasteiger partial charge on any atom is -0.399 e. The average molecular weight is 227 g/mol.